The maximum atomic E-state index is 13.8. The van der Waals surface area contributed by atoms with Gasteiger partial charge >= 0.3 is 0 Å². The highest BCUT2D eigenvalue weighted by Crippen LogP contribution is 2.49. The summed E-state index contributed by atoms with van der Waals surface area (Å²) in [4.78, 5) is 36.9. The number of hydrazine groups is 1. The predicted octanol–water partition coefficient (Wildman–Crippen LogP) is 4.32. The summed E-state index contributed by atoms with van der Waals surface area (Å²) in [5.41, 5.74) is 14.0. The number of benzene rings is 2. The van der Waals surface area contributed by atoms with Gasteiger partial charge in [0.15, 0.2) is 0 Å². The predicted molar refractivity (Wildman–Crippen MR) is 169 cm³/mol. The zero-order valence-electron chi connectivity index (χ0n) is 25.4. The number of aromatic nitrogens is 2. The highest BCUT2D eigenvalue weighted by molar-refractivity contribution is 7.07. The largest absolute Gasteiger partial charge is 0.382 e. The third-order valence-corrected chi connectivity index (χ3v) is 9.14. The second kappa shape index (κ2) is 12.7. The second-order valence-electron chi connectivity index (χ2n) is 11.8. The van der Waals surface area contributed by atoms with Crippen LogP contribution < -0.4 is 16.2 Å². The first-order valence-electron chi connectivity index (χ1n) is 14.8. The minimum absolute atomic E-state index is 0.0334. The van der Waals surface area contributed by atoms with E-state index in [4.69, 9.17) is 9.47 Å². The Hall–Kier alpha value is -3.74. The van der Waals surface area contributed by atoms with Crippen LogP contribution in [0.2, 0.25) is 0 Å². The summed E-state index contributed by atoms with van der Waals surface area (Å²) >= 11 is 1.54. The molecule has 44 heavy (non-hydrogen) atoms. The van der Waals surface area contributed by atoms with Crippen LogP contribution in [0.5, 0.6) is 0 Å². The first-order valence-corrected chi connectivity index (χ1v) is 15.7. The Bertz CT molecular complexity index is 1660. The van der Waals surface area contributed by atoms with E-state index in [0.29, 0.717) is 25.2 Å². The van der Waals surface area contributed by atoms with Crippen molar-refractivity contribution in [3.63, 3.8) is 0 Å². The van der Waals surface area contributed by atoms with E-state index >= 15 is 0 Å². The number of methoxy groups -OCH3 is 1. The fourth-order valence-electron chi connectivity index (χ4n) is 5.95. The van der Waals surface area contributed by atoms with Crippen molar-refractivity contribution in [1.29, 1.82) is 0 Å². The minimum atomic E-state index is -0.486. The van der Waals surface area contributed by atoms with Crippen LogP contribution in [-0.2, 0) is 26.4 Å². The first kappa shape index (κ1) is 30.3. The topological polar surface area (TPSA) is 118 Å². The third kappa shape index (κ3) is 6.24. The van der Waals surface area contributed by atoms with Crippen molar-refractivity contribution in [3.05, 3.63) is 93.1 Å². The number of carbonyl (C=O) groups excluding carboxylic acids is 2. The quantitative estimate of drug-likeness (QED) is 0.229. The molecule has 3 N–H and O–H groups in total. The van der Waals surface area contributed by atoms with Crippen LogP contribution in [0.25, 0.3) is 10.9 Å². The van der Waals surface area contributed by atoms with Crippen molar-refractivity contribution < 1.29 is 19.1 Å². The van der Waals surface area contributed by atoms with Crippen LogP contribution in [-0.4, -0.2) is 60.5 Å². The molecule has 2 unspecified atom stereocenters. The summed E-state index contributed by atoms with van der Waals surface area (Å²) < 4.78 is 11.5. The van der Waals surface area contributed by atoms with E-state index in [9.17, 15) is 9.59 Å². The molecule has 1 aliphatic carbocycles. The molecule has 2 fully saturated rings. The number of thiazole rings is 1. The van der Waals surface area contributed by atoms with Crippen LogP contribution in [0.15, 0.2) is 59.6 Å². The number of carbonyl (C=O) groups is 2. The van der Waals surface area contributed by atoms with Crippen molar-refractivity contribution >= 4 is 34.1 Å². The van der Waals surface area contributed by atoms with Gasteiger partial charge in [-0.25, -0.2) is 15.8 Å². The van der Waals surface area contributed by atoms with E-state index in [-0.39, 0.29) is 30.0 Å². The van der Waals surface area contributed by atoms with E-state index < -0.39 is 5.54 Å². The molecule has 230 valence electrons. The number of fused-ring (bicyclic) bond motifs is 1. The minimum Gasteiger partial charge on any atom is -0.382 e. The summed E-state index contributed by atoms with van der Waals surface area (Å²) in [5, 5.41) is 6.37. The number of likely N-dealkylation sites (N-methyl/N-ethyl adjacent to an activating group) is 1. The van der Waals surface area contributed by atoms with Gasteiger partial charge in [-0.1, -0.05) is 24.3 Å². The second-order valence-corrected chi connectivity index (χ2v) is 12.6. The van der Waals surface area contributed by atoms with Crippen LogP contribution >= 0.6 is 11.3 Å². The average Bonchev–Trinajstić information content (AvgIpc) is 3.38. The van der Waals surface area contributed by atoms with Gasteiger partial charge in [0.1, 0.15) is 12.1 Å². The van der Waals surface area contributed by atoms with Crippen molar-refractivity contribution in [2.24, 2.45) is 0 Å². The number of rotatable bonds is 11. The monoisotopic (exact) mass is 614 g/mol. The normalized spacial score (nSPS) is 19.5. The summed E-state index contributed by atoms with van der Waals surface area (Å²) in [6.45, 7) is 2.74. The molecule has 4 aromatic rings. The Morgan fingerprint density at radius 2 is 2.00 bits per heavy atom. The highest BCUT2D eigenvalue weighted by Gasteiger charge is 2.47. The van der Waals surface area contributed by atoms with Gasteiger partial charge in [-0.05, 0) is 66.6 Å². The lowest BCUT2D eigenvalue weighted by Gasteiger charge is -2.23. The molecule has 1 saturated heterocycles. The summed E-state index contributed by atoms with van der Waals surface area (Å²) in [7, 11) is 5.18. The molecule has 11 heteroatoms. The number of ether oxygens (including phenoxy) is 2. The van der Waals surface area contributed by atoms with Crippen molar-refractivity contribution in [2.45, 2.75) is 56.5 Å². The molecule has 1 aliphatic heterocycles. The highest BCUT2D eigenvalue weighted by atomic mass is 32.1. The molecule has 10 nitrogen and oxygen atoms in total. The van der Waals surface area contributed by atoms with Gasteiger partial charge in [-0.2, -0.15) is 0 Å². The Labute approximate surface area is 261 Å². The maximum Gasteiger partial charge on any atom is 0.252 e. The van der Waals surface area contributed by atoms with Gasteiger partial charge in [0.05, 0.1) is 35.5 Å². The number of nitrogens with one attached hydrogen (secondary N) is 3. The lowest BCUT2D eigenvalue weighted by atomic mass is 9.92. The molecule has 0 spiro atoms. The van der Waals surface area contributed by atoms with E-state index in [1.165, 1.54) is 11.3 Å². The molecular weight excluding hydrogens is 576 g/mol. The standard InChI is InChI=1S/C33H38N6O4S/c1-20-12-21(30(17-42-4)43-16-23-18-44-19-35-23)7-8-24(20)31(40)36-33(9-10-33)26-13-22(14-28-25(26)6-5-11-34-28)27-15-29(38-37-27)32(41)39(2)3/h5-8,11-14,18-19,27,29-30,37-38H,9-10,15-17H2,1-4H3,(H,36,40)/t27?,29?,30-/m0/s1. The van der Waals surface area contributed by atoms with E-state index in [1.54, 1.807) is 37.8 Å². The SMILES string of the molecule is COC[C@H](OCc1cscn1)c1ccc(C(=O)NC2(c3cc(C4CC(C(=O)N(C)C)NN4)cc4ncccc34)CC2)c(C)c1. The van der Waals surface area contributed by atoms with E-state index in [1.807, 2.05) is 36.6 Å². The van der Waals surface area contributed by atoms with Crippen molar-refractivity contribution in [3.8, 4) is 0 Å². The average molecular weight is 615 g/mol. The third-order valence-electron chi connectivity index (χ3n) is 8.51. The van der Waals surface area contributed by atoms with E-state index in [0.717, 1.165) is 51.7 Å². The molecule has 2 aromatic carbocycles. The number of hydrogen-bond acceptors (Lipinski definition) is 9. The van der Waals surface area contributed by atoms with Crippen LogP contribution in [0.1, 0.15) is 69.7 Å². The van der Waals surface area contributed by atoms with Gasteiger partial charge in [0.25, 0.3) is 5.91 Å². The fourth-order valence-corrected chi connectivity index (χ4v) is 6.49. The number of aryl methyl sites for hydroxylation is 1. The summed E-state index contributed by atoms with van der Waals surface area (Å²) in [6, 6.07) is 13.7. The van der Waals surface area contributed by atoms with Gasteiger partial charge in [0, 0.05) is 49.8 Å². The zero-order valence-corrected chi connectivity index (χ0v) is 26.2. The molecule has 3 atom stereocenters. The summed E-state index contributed by atoms with van der Waals surface area (Å²) in [5.74, 6) is -0.0796. The number of nitrogens with zero attached hydrogens (tertiary/aromatic N) is 3. The van der Waals surface area contributed by atoms with Gasteiger partial charge in [-0.15, -0.1) is 11.3 Å². The lowest BCUT2D eigenvalue weighted by molar-refractivity contribution is -0.130. The molecule has 2 aromatic heterocycles. The molecule has 3 heterocycles. The fraction of sp³-hybridized carbons (Fsp3) is 0.394. The Kier molecular flexibility index (Phi) is 8.75. The van der Waals surface area contributed by atoms with Crippen LogP contribution in [0.4, 0.5) is 0 Å². The Morgan fingerprint density at radius 1 is 1.16 bits per heavy atom. The summed E-state index contributed by atoms with van der Waals surface area (Å²) in [6.07, 6.45) is 3.80. The molecular formula is C33H38N6O4S. The molecule has 6 rings (SSSR count). The Balaban J connectivity index is 1.23. The molecule has 0 bridgehead atoms. The number of amides is 2. The molecule has 0 radical (unpaired) electrons. The molecule has 2 aliphatic rings. The number of hydrogen-bond donors (Lipinski definition) is 3. The smallest absolute Gasteiger partial charge is 0.252 e. The molecule has 2 amide bonds. The Morgan fingerprint density at radius 3 is 2.70 bits per heavy atom. The first-order chi connectivity index (χ1) is 21.3. The van der Waals surface area contributed by atoms with E-state index in [2.05, 4.69) is 44.3 Å². The van der Waals surface area contributed by atoms with Crippen molar-refractivity contribution in [1.82, 2.24) is 31.0 Å². The zero-order chi connectivity index (χ0) is 30.8. The van der Waals surface area contributed by atoms with Crippen LogP contribution in [0.3, 0.4) is 0 Å². The number of pyridine rings is 1. The lowest BCUT2D eigenvalue weighted by Crippen LogP contribution is -2.42. The van der Waals surface area contributed by atoms with Gasteiger partial charge < -0.3 is 19.7 Å². The maximum absolute atomic E-state index is 13.8. The van der Waals surface area contributed by atoms with Gasteiger partial charge in [0.2, 0.25) is 5.91 Å². The van der Waals surface area contributed by atoms with Crippen molar-refractivity contribution in [2.75, 3.05) is 27.8 Å². The molecule has 1 saturated carbocycles. The van der Waals surface area contributed by atoms with Gasteiger partial charge in [-0.3, -0.25) is 14.6 Å². The van der Waals surface area contributed by atoms with Crippen LogP contribution in [0, 0.1) is 6.92 Å².